The molecule has 2 aromatic rings. The standard InChI is InChI=1S/C24H30FN6O9P/c1-24(2)22(32)31(12-39-41(33,34)35)21-15(40-24)7-8-18(28-21)27-20-14(25)11-30(3)23(29-20)26-13-9-16(36-4)19(38-6)17(10-13)37-5/h7-11,23,26H,12H2,1-6H3,(H,27,28,29)(H2,33,34,35). The zero-order valence-corrected chi connectivity index (χ0v) is 23.9. The number of phosphoric ester groups is 1. The number of carbonyl (C=O) groups excluding carboxylic acids is 1. The average molecular weight is 597 g/mol. The van der Waals surface area contributed by atoms with E-state index < -0.39 is 38.2 Å². The van der Waals surface area contributed by atoms with E-state index in [2.05, 4.69) is 25.1 Å². The number of halogens is 1. The van der Waals surface area contributed by atoms with Crippen molar-refractivity contribution in [3.05, 3.63) is 36.3 Å². The van der Waals surface area contributed by atoms with Gasteiger partial charge in [-0.25, -0.2) is 18.9 Å². The van der Waals surface area contributed by atoms with Gasteiger partial charge in [-0.1, -0.05) is 0 Å². The zero-order valence-electron chi connectivity index (χ0n) is 23.0. The van der Waals surface area contributed by atoms with Crippen LogP contribution in [0, 0.1) is 0 Å². The first-order chi connectivity index (χ1) is 19.3. The highest BCUT2D eigenvalue weighted by Gasteiger charge is 2.43. The molecule has 4 rings (SSSR count). The molecule has 1 atom stereocenters. The van der Waals surface area contributed by atoms with Gasteiger partial charge in [-0.15, -0.1) is 0 Å². The van der Waals surface area contributed by atoms with Crippen molar-refractivity contribution < 1.29 is 47.0 Å². The van der Waals surface area contributed by atoms with Gasteiger partial charge in [-0.05, 0) is 26.0 Å². The van der Waals surface area contributed by atoms with Gasteiger partial charge in [0.05, 0.1) is 21.3 Å². The van der Waals surface area contributed by atoms with E-state index in [1.165, 1.54) is 58.4 Å². The van der Waals surface area contributed by atoms with Crippen LogP contribution in [0.25, 0.3) is 0 Å². The number of methoxy groups -OCH3 is 3. The average Bonchev–Trinajstić information content (AvgIpc) is 2.90. The minimum atomic E-state index is -4.91. The van der Waals surface area contributed by atoms with Crippen molar-refractivity contribution in [3.63, 3.8) is 0 Å². The van der Waals surface area contributed by atoms with Gasteiger partial charge in [-0.3, -0.25) is 14.2 Å². The Hall–Kier alpha value is -4.11. The Morgan fingerprint density at radius 1 is 1.15 bits per heavy atom. The van der Waals surface area contributed by atoms with Crippen molar-refractivity contribution in [1.82, 2.24) is 9.88 Å². The largest absolute Gasteiger partial charge is 0.493 e. The lowest BCUT2D eigenvalue weighted by molar-refractivity contribution is -0.133. The summed E-state index contributed by atoms with van der Waals surface area (Å²) in [6.07, 6.45) is 0.440. The van der Waals surface area contributed by atoms with Gasteiger partial charge in [0.25, 0.3) is 5.91 Å². The topological polar surface area (TPSA) is 177 Å². The first kappa shape index (κ1) is 29.9. The number of aliphatic imine (C=N–C) groups is 1. The molecule has 15 nitrogen and oxygen atoms in total. The summed E-state index contributed by atoms with van der Waals surface area (Å²) in [7, 11) is 1.17. The normalized spacial score (nSPS) is 18.1. The van der Waals surface area contributed by atoms with E-state index in [1.807, 2.05) is 0 Å². The molecule has 1 unspecified atom stereocenters. The van der Waals surface area contributed by atoms with Crippen molar-refractivity contribution in [2.45, 2.75) is 25.7 Å². The predicted molar refractivity (Wildman–Crippen MR) is 146 cm³/mol. The number of carbonyl (C=O) groups is 1. The lowest BCUT2D eigenvalue weighted by Gasteiger charge is -2.37. The molecule has 4 N–H and O–H groups in total. The number of amides is 1. The number of nitrogens with zero attached hydrogens (tertiary/aromatic N) is 4. The van der Waals surface area contributed by atoms with Crippen LogP contribution < -0.4 is 34.5 Å². The number of anilines is 3. The van der Waals surface area contributed by atoms with Gasteiger partial charge in [-0.2, -0.15) is 0 Å². The quantitative estimate of drug-likeness (QED) is 0.311. The molecule has 1 aromatic heterocycles. The predicted octanol–water partition coefficient (Wildman–Crippen LogP) is 2.64. The fraction of sp³-hybridized carbons (Fsp3) is 0.375. The monoisotopic (exact) mass is 596 g/mol. The number of fused-ring (bicyclic) bond motifs is 1. The second-order valence-corrected chi connectivity index (χ2v) is 10.5. The summed E-state index contributed by atoms with van der Waals surface area (Å²) >= 11 is 0. The molecule has 0 aliphatic carbocycles. The van der Waals surface area contributed by atoms with Crippen molar-refractivity contribution >= 4 is 36.9 Å². The second kappa shape index (κ2) is 11.4. The number of benzene rings is 1. The smallest absolute Gasteiger partial charge is 0.471 e. The molecular formula is C24H30FN6O9P. The van der Waals surface area contributed by atoms with Crippen LogP contribution in [-0.2, 0) is 13.9 Å². The summed E-state index contributed by atoms with van der Waals surface area (Å²) in [5.74, 6) is -0.189. The lowest BCUT2D eigenvalue weighted by atomic mass is 10.1. The molecule has 0 radical (unpaired) electrons. The van der Waals surface area contributed by atoms with Crippen molar-refractivity contribution in [2.24, 2.45) is 4.99 Å². The summed E-state index contributed by atoms with van der Waals surface area (Å²) in [4.78, 5) is 42.4. The molecule has 0 saturated carbocycles. The van der Waals surface area contributed by atoms with Crippen LogP contribution in [0.5, 0.6) is 23.0 Å². The first-order valence-corrected chi connectivity index (χ1v) is 13.5. The SMILES string of the molecule is COc1cc(NC2N=C(Nc3ccc4c(n3)N(COP(=O)(O)O)C(=O)C(C)(C)O4)C(F)=CN2C)cc(OC)c1OC. The van der Waals surface area contributed by atoms with Gasteiger partial charge in [0.2, 0.25) is 5.75 Å². The molecule has 0 saturated heterocycles. The summed E-state index contributed by atoms with van der Waals surface area (Å²) < 4.78 is 52.7. The van der Waals surface area contributed by atoms with E-state index in [9.17, 15) is 13.8 Å². The van der Waals surface area contributed by atoms with E-state index in [0.717, 1.165) is 4.90 Å². The number of nitrogens with one attached hydrogen (secondary N) is 2. The van der Waals surface area contributed by atoms with Crippen LogP contribution in [0.3, 0.4) is 0 Å². The fourth-order valence-electron chi connectivity index (χ4n) is 4.02. The highest BCUT2D eigenvalue weighted by Crippen LogP contribution is 2.42. The fourth-order valence-corrected chi connectivity index (χ4v) is 4.28. The second-order valence-electron chi connectivity index (χ2n) is 9.29. The van der Waals surface area contributed by atoms with Crippen LogP contribution >= 0.6 is 7.82 Å². The van der Waals surface area contributed by atoms with Crippen LogP contribution in [0.4, 0.5) is 21.7 Å². The third-order valence-electron chi connectivity index (χ3n) is 5.96. The zero-order chi connectivity index (χ0) is 30.1. The Morgan fingerprint density at radius 2 is 1.80 bits per heavy atom. The maximum absolute atomic E-state index is 15.0. The van der Waals surface area contributed by atoms with E-state index >= 15 is 0 Å². The Morgan fingerprint density at radius 3 is 2.39 bits per heavy atom. The Bertz CT molecular complexity index is 1420. The summed E-state index contributed by atoms with van der Waals surface area (Å²) in [6.45, 7) is 2.19. The first-order valence-electron chi connectivity index (χ1n) is 12.0. The third kappa shape index (κ3) is 6.46. The molecule has 2 aliphatic heterocycles. The molecule has 222 valence electrons. The van der Waals surface area contributed by atoms with Gasteiger partial charge in [0.1, 0.15) is 12.5 Å². The van der Waals surface area contributed by atoms with E-state index in [-0.39, 0.29) is 23.2 Å². The highest BCUT2D eigenvalue weighted by atomic mass is 31.2. The minimum Gasteiger partial charge on any atom is -0.493 e. The van der Waals surface area contributed by atoms with Gasteiger partial charge in [0.15, 0.2) is 46.6 Å². The molecule has 2 aliphatic rings. The molecule has 0 bridgehead atoms. The maximum atomic E-state index is 15.0. The van der Waals surface area contributed by atoms with Crippen LogP contribution in [0.1, 0.15) is 13.8 Å². The Kier molecular flexibility index (Phi) is 8.31. The molecule has 0 spiro atoms. The third-order valence-corrected chi connectivity index (χ3v) is 6.41. The lowest BCUT2D eigenvalue weighted by Crippen LogP contribution is -2.53. The van der Waals surface area contributed by atoms with Crippen molar-refractivity contribution in [1.29, 1.82) is 0 Å². The highest BCUT2D eigenvalue weighted by molar-refractivity contribution is 7.46. The molecule has 0 fully saturated rings. The van der Waals surface area contributed by atoms with Crippen LogP contribution in [-0.4, -0.2) is 78.4 Å². The number of hydrogen-bond donors (Lipinski definition) is 4. The molecule has 3 heterocycles. The number of hydrogen-bond acceptors (Lipinski definition) is 12. The molecule has 17 heteroatoms. The molecule has 41 heavy (non-hydrogen) atoms. The summed E-state index contributed by atoms with van der Waals surface area (Å²) in [6, 6.07) is 6.29. The Labute approximate surface area is 234 Å². The number of phosphoric acid groups is 1. The van der Waals surface area contributed by atoms with Crippen LogP contribution in [0.2, 0.25) is 0 Å². The van der Waals surface area contributed by atoms with E-state index in [4.69, 9.17) is 28.7 Å². The summed E-state index contributed by atoms with van der Waals surface area (Å²) in [5.41, 5.74) is -0.818. The van der Waals surface area contributed by atoms with Gasteiger partial charge in [0, 0.05) is 31.1 Å². The number of amidine groups is 1. The van der Waals surface area contributed by atoms with Crippen molar-refractivity contribution in [2.75, 3.05) is 50.6 Å². The maximum Gasteiger partial charge on any atom is 0.471 e. The van der Waals surface area contributed by atoms with E-state index in [0.29, 0.717) is 22.9 Å². The Balaban J connectivity index is 1.62. The van der Waals surface area contributed by atoms with Crippen LogP contribution in [0.15, 0.2) is 41.3 Å². The van der Waals surface area contributed by atoms with Gasteiger partial charge >= 0.3 is 7.82 Å². The number of ether oxygens (including phenoxy) is 4. The number of aromatic nitrogens is 1. The molecule has 1 amide bonds. The van der Waals surface area contributed by atoms with Crippen molar-refractivity contribution in [3.8, 4) is 23.0 Å². The number of pyridine rings is 1. The van der Waals surface area contributed by atoms with E-state index in [1.54, 1.807) is 19.2 Å². The number of rotatable bonds is 9. The summed E-state index contributed by atoms with van der Waals surface area (Å²) in [5, 5.41) is 5.94. The molecule has 1 aromatic carbocycles. The molecular weight excluding hydrogens is 566 g/mol. The minimum absolute atomic E-state index is 0.0689. The van der Waals surface area contributed by atoms with Gasteiger partial charge < -0.3 is 44.3 Å².